The standard InChI is InChI=1S/C25H17Cl2N3O4S/c26-19-7-3-1-5-17(19)25(33)34-16-11-9-15(10-12-16)13-29-30-21(31)14-28-24(32)23-22(27)18-6-2-4-8-20(18)35-23/h1-13H,14H2,(H,28,32)(H,30,31). The second-order valence-corrected chi connectivity index (χ2v) is 8.99. The zero-order chi connectivity index (χ0) is 24.8. The number of halogens is 2. The zero-order valence-corrected chi connectivity index (χ0v) is 20.3. The molecule has 0 radical (unpaired) electrons. The molecule has 2 N–H and O–H groups in total. The molecule has 35 heavy (non-hydrogen) atoms. The molecule has 7 nitrogen and oxygen atoms in total. The fraction of sp³-hybridized carbons (Fsp3) is 0.0400. The number of rotatable bonds is 7. The first-order valence-electron chi connectivity index (χ1n) is 10.3. The van der Waals surface area contributed by atoms with Gasteiger partial charge in [-0.05, 0) is 48.0 Å². The highest BCUT2D eigenvalue weighted by molar-refractivity contribution is 7.21. The van der Waals surface area contributed by atoms with E-state index in [1.54, 1.807) is 48.5 Å². The molecule has 2 amide bonds. The van der Waals surface area contributed by atoms with E-state index in [0.29, 0.717) is 26.2 Å². The van der Waals surface area contributed by atoms with Crippen LogP contribution < -0.4 is 15.5 Å². The van der Waals surface area contributed by atoms with Crippen molar-refractivity contribution in [3.8, 4) is 5.75 Å². The van der Waals surface area contributed by atoms with Gasteiger partial charge in [0.05, 0.1) is 28.4 Å². The first-order valence-corrected chi connectivity index (χ1v) is 11.8. The SMILES string of the molecule is O=C(CNC(=O)c1sc2ccccc2c1Cl)NN=Cc1ccc(OC(=O)c2ccccc2Cl)cc1. The summed E-state index contributed by atoms with van der Waals surface area (Å²) in [6.07, 6.45) is 1.42. The summed E-state index contributed by atoms with van der Waals surface area (Å²) in [6.45, 7) is -0.266. The second kappa shape index (κ2) is 11.1. The molecule has 0 spiro atoms. The van der Waals surface area contributed by atoms with Gasteiger partial charge >= 0.3 is 5.97 Å². The highest BCUT2D eigenvalue weighted by atomic mass is 35.5. The molecule has 4 rings (SSSR count). The molecule has 0 unspecified atom stereocenters. The van der Waals surface area contributed by atoms with E-state index in [0.717, 1.165) is 10.1 Å². The van der Waals surface area contributed by atoms with Gasteiger partial charge in [0.1, 0.15) is 10.6 Å². The van der Waals surface area contributed by atoms with E-state index in [9.17, 15) is 14.4 Å². The highest BCUT2D eigenvalue weighted by Gasteiger charge is 2.17. The van der Waals surface area contributed by atoms with Gasteiger partial charge in [-0.1, -0.05) is 53.5 Å². The quantitative estimate of drug-likeness (QED) is 0.148. The van der Waals surface area contributed by atoms with Gasteiger partial charge in [-0.3, -0.25) is 9.59 Å². The van der Waals surface area contributed by atoms with Crippen LogP contribution in [0.4, 0.5) is 0 Å². The van der Waals surface area contributed by atoms with E-state index in [1.165, 1.54) is 17.6 Å². The summed E-state index contributed by atoms with van der Waals surface area (Å²) in [5.41, 5.74) is 3.26. The van der Waals surface area contributed by atoms with E-state index in [1.807, 2.05) is 24.3 Å². The van der Waals surface area contributed by atoms with Gasteiger partial charge in [0.25, 0.3) is 11.8 Å². The van der Waals surface area contributed by atoms with Crippen molar-refractivity contribution in [3.05, 3.63) is 98.8 Å². The largest absolute Gasteiger partial charge is 0.423 e. The third-order valence-electron chi connectivity index (χ3n) is 4.74. The number of hydrogen-bond donors (Lipinski definition) is 2. The number of amides is 2. The number of esters is 1. The van der Waals surface area contributed by atoms with E-state index in [2.05, 4.69) is 15.8 Å². The lowest BCUT2D eigenvalue weighted by Gasteiger charge is -2.06. The minimum atomic E-state index is -0.566. The Kier molecular flexibility index (Phi) is 7.77. The first kappa shape index (κ1) is 24.4. The van der Waals surface area contributed by atoms with Crippen molar-refractivity contribution in [2.75, 3.05) is 6.54 Å². The van der Waals surface area contributed by atoms with Crippen LogP contribution in [-0.4, -0.2) is 30.5 Å². The fourth-order valence-corrected chi connectivity index (χ4v) is 4.68. The van der Waals surface area contributed by atoms with Crippen molar-refractivity contribution in [3.63, 3.8) is 0 Å². The van der Waals surface area contributed by atoms with Crippen LogP contribution in [0, 0.1) is 0 Å². The van der Waals surface area contributed by atoms with Gasteiger partial charge in [-0.2, -0.15) is 5.10 Å². The number of nitrogens with one attached hydrogen (secondary N) is 2. The molecule has 1 heterocycles. The van der Waals surface area contributed by atoms with Crippen molar-refractivity contribution in [2.45, 2.75) is 0 Å². The lowest BCUT2D eigenvalue weighted by atomic mass is 10.2. The number of fused-ring (bicyclic) bond motifs is 1. The monoisotopic (exact) mass is 525 g/mol. The second-order valence-electron chi connectivity index (χ2n) is 7.16. The Bertz CT molecular complexity index is 1430. The average molecular weight is 526 g/mol. The molecule has 0 saturated heterocycles. The predicted octanol–water partition coefficient (Wildman–Crippen LogP) is 5.31. The number of thiophene rings is 1. The molecule has 0 aliphatic carbocycles. The first-order chi connectivity index (χ1) is 16.9. The molecule has 176 valence electrons. The van der Waals surface area contributed by atoms with Crippen LogP contribution in [0.5, 0.6) is 5.75 Å². The van der Waals surface area contributed by atoms with E-state index in [4.69, 9.17) is 27.9 Å². The van der Waals surface area contributed by atoms with E-state index in [-0.39, 0.29) is 12.1 Å². The molecule has 0 aliphatic heterocycles. The molecule has 10 heteroatoms. The Balaban J connectivity index is 1.26. The molecule has 0 bridgehead atoms. The molecule has 1 aromatic heterocycles. The Labute approximate surface area is 214 Å². The number of nitrogens with zero attached hydrogens (tertiary/aromatic N) is 1. The Morgan fingerprint density at radius 3 is 2.40 bits per heavy atom. The molecule has 0 saturated carbocycles. The summed E-state index contributed by atoms with van der Waals surface area (Å²) < 4.78 is 6.20. The minimum Gasteiger partial charge on any atom is -0.423 e. The summed E-state index contributed by atoms with van der Waals surface area (Å²) in [5, 5.41) is 7.87. The number of carbonyl (C=O) groups excluding carboxylic acids is 3. The van der Waals surface area contributed by atoms with Gasteiger partial charge in [0.2, 0.25) is 0 Å². The normalized spacial score (nSPS) is 10.9. The molecule has 0 fully saturated rings. The Morgan fingerprint density at radius 2 is 1.66 bits per heavy atom. The van der Waals surface area contributed by atoms with Crippen molar-refractivity contribution in [1.82, 2.24) is 10.7 Å². The van der Waals surface area contributed by atoms with Gasteiger partial charge in [-0.25, -0.2) is 10.2 Å². The van der Waals surface area contributed by atoms with E-state index >= 15 is 0 Å². The van der Waals surface area contributed by atoms with Crippen LogP contribution in [0.1, 0.15) is 25.6 Å². The lowest BCUT2D eigenvalue weighted by Crippen LogP contribution is -2.34. The van der Waals surface area contributed by atoms with Crippen LogP contribution in [0.3, 0.4) is 0 Å². The fourth-order valence-electron chi connectivity index (χ4n) is 3.03. The minimum absolute atomic E-state index is 0.266. The van der Waals surface area contributed by atoms with E-state index < -0.39 is 17.8 Å². The van der Waals surface area contributed by atoms with Gasteiger partial charge < -0.3 is 10.1 Å². The summed E-state index contributed by atoms with van der Waals surface area (Å²) in [6, 6.07) is 20.5. The number of ether oxygens (including phenoxy) is 1. The smallest absolute Gasteiger partial charge is 0.345 e. The van der Waals surface area contributed by atoms with Crippen molar-refractivity contribution < 1.29 is 19.1 Å². The van der Waals surface area contributed by atoms with Crippen LogP contribution in [0.2, 0.25) is 10.0 Å². The van der Waals surface area contributed by atoms with Gasteiger partial charge in [-0.15, -0.1) is 11.3 Å². The molecule has 0 aliphatic rings. The third-order valence-corrected chi connectivity index (χ3v) is 6.74. The van der Waals surface area contributed by atoms with Crippen LogP contribution in [0.25, 0.3) is 10.1 Å². The van der Waals surface area contributed by atoms with Crippen molar-refractivity contribution in [1.29, 1.82) is 0 Å². The number of hydrazone groups is 1. The van der Waals surface area contributed by atoms with Crippen molar-refractivity contribution in [2.24, 2.45) is 5.10 Å². The van der Waals surface area contributed by atoms with Gasteiger partial charge in [0.15, 0.2) is 0 Å². The average Bonchev–Trinajstić information content (AvgIpc) is 3.20. The van der Waals surface area contributed by atoms with Crippen LogP contribution in [0.15, 0.2) is 77.9 Å². The predicted molar refractivity (Wildman–Crippen MR) is 138 cm³/mol. The third kappa shape index (κ3) is 6.05. The maximum atomic E-state index is 12.4. The van der Waals surface area contributed by atoms with Gasteiger partial charge in [0, 0.05) is 10.1 Å². The number of hydrogen-bond acceptors (Lipinski definition) is 6. The Hall–Kier alpha value is -3.72. The maximum absolute atomic E-state index is 12.4. The van der Waals surface area contributed by atoms with Crippen LogP contribution in [-0.2, 0) is 4.79 Å². The van der Waals surface area contributed by atoms with Crippen LogP contribution >= 0.6 is 34.5 Å². The number of carbonyl (C=O) groups is 3. The molecular weight excluding hydrogens is 509 g/mol. The summed E-state index contributed by atoms with van der Waals surface area (Å²) >= 11 is 13.6. The molecule has 4 aromatic rings. The highest BCUT2D eigenvalue weighted by Crippen LogP contribution is 2.34. The topological polar surface area (TPSA) is 96.9 Å². The molecular formula is C25H17Cl2N3O4S. The number of benzene rings is 3. The summed E-state index contributed by atoms with van der Waals surface area (Å²) in [5.74, 6) is -1.17. The summed E-state index contributed by atoms with van der Waals surface area (Å²) in [7, 11) is 0. The van der Waals surface area contributed by atoms with Crippen molar-refractivity contribution >= 4 is 68.6 Å². The summed E-state index contributed by atoms with van der Waals surface area (Å²) in [4.78, 5) is 37.0. The molecule has 0 atom stereocenters. The lowest BCUT2D eigenvalue weighted by molar-refractivity contribution is -0.120. The Morgan fingerprint density at radius 1 is 0.943 bits per heavy atom. The zero-order valence-electron chi connectivity index (χ0n) is 18.0. The maximum Gasteiger partial charge on any atom is 0.345 e. The molecule has 3 aromatic carbocycles.